The minimum atomic E-state index is -3.58. The van der Waals surface area contributed by atoms with Crippen LogP contribution in [0.2, 0.25) is 0 Å². The number of hydrogen-bond donors (Lipinski definition) is 1. The molecule has 2 aromatic carbocycles. The van der Waals surface area contributed by atoms with Gasteiger partial charge in [0, 0.05) is 25.7 Å². The van der Waals surface area contributed by atoms with E-state index in [1.165, 1.54) is 17.7 Å². The number of carbonyl (C=O) groups is 1. The van der Waals surface area contributed by atoms with E-state index in [0.717, 1.165) is 12.0 Å². The monoisotopic (exact) mass is 360 g/mol. The van der Waals surface area contributed by atoms with E-state index in [9.17, 15) is 13.2 Å². The lowest BCUT2D eigenvalue weighted by Crippen LogP contribution is -2.27. The highest BCUT2D eigenvalue weighted by molar-refractivity contribution is 7.89. The molecule has 1 amide bonds. The molecular formula is C19H24N2O3S. The zero-order valence-corrected chi connectivity index (χ0v) is 15.6. The van der Waals surface area contributed by atoms with Crippen molar-refractivity contribution in [3.05, 3.63) is 65.2 Å². The summed E-state index contributed by atoms with van der Waals surface area (Å²) in [5, 5.41) is 0. The molecule has 2 rings (SSSR count). The van der Waals surface area contributed by atoms with Gasteiger partial charge in [0.1, 0.15) is 0 Å². The van der Waals surface area contributed by atoms with Gasteiger partial charge in [-0.15, -0.1) is 0 Å². The van der Waals surface area contributed by atoms with Gasteiger partial charge in [0.05, 0.1) is 4.90 Å². The summed E-state index contributed by atoms with van der Waals surface area (Å²) < 4.78 is 26.6. The lowest BCUT2D eigenvalue weighted by atomic mass is 10.1. The highest BCUT2D eigenvalue weighted by atomic mass is 32.2. The number of nitrogens with one attached hydrogen (secondary N) is 1. The van der Waals surface area contributed by atoms with Gasteiger partial charge in [-0.25, -0.2) is 13.1 Å². The van der Waals surface area contributed by atoms with E-state index in [4.69, 9.17) is 0 Å². The van der Waals surface area contributed by atoms with Gasteiger partial charge >= 0.3 is 0 Å². The molecule has 1 N–H and O–H groups in total. The number of benzene rings is 2. The third-order valence-electron chi connectivity index (χ3n) is 3.92. The first kappa shape index (κ1) is 19.1. The Morgan fingerprint density at radius 1 is 1.04 bits per heavy atom. The van der Waals surface area contributed by atoms with Gasteiger partial charge < -0.3 is 4.90 Å². The Labute approximate surface area is 149 Å². The van der Waals surface area contributed by atoms with Gasteiger partial charge in [0.15, 0.2) is 0 Å². The molecule has 0 fully saturated rings. The van der Waals surface area contributed by atoms with Gasteiger partial charge in [-0.3, -0.25) is 4.79 Å². The van der Waals surface area contributed by atoms with Crippen LogP contribution in [0.25, 0.3) is 0 Å². The normalized spacial score (nSPS) is 11.3. The first-order chi connectivity index (χ1) is 11.9. The van der Waals surface area contributed by atoms with Crippen LogP contribution in [0.5, 0.6) is 0 Å². The molecule has 0 unspecified atom stereocenters. The van der Waals surface area contributed by atoms with Crippen LogP contribution in [0.3, 0.4) is 0 Å². The first-order valence-electron chi connectivity index (χ1n) is 8.30. The van der Waals surface area contributed by atoms with Crippen LogP contribution in [0.15, 0.2) is 53.4 Å². The minimum Gasteiger partial charge on any atom is -0.337 e. The van der Waals surface area contributed by atoms with Gasteiger partial charge in [0.25, 0.3) is 5.91 Å². The predicted molar refractivity (Wildman–Crippen MR) is 98.9 cm³/mol. The van der Waals surface area contributed by atoms with E-state index in [-0.39, 0.29) is 10.8 Å². The molecule has 0 atom stereocenters. The Bertz CT molecular complexity index is 830. The average molecular weight is 360 g/mol. The summed E-state index contributed by atoms with van der Waals surface area (Å²) in [5.41, 5.74) is 2.63. The van der Waals surface area contributed by atoms with E-state index >= 15 is 0 Å². The molecule has 6 heteroatoms. The van der Waals surface area contributed by atoms with Crippen LogP contribution in [-0.4, -0.2) is 32.8 Å². The Hall–Kier alpha value is -2.18. The Balaban J connectivity index is 2.16. The first-order valence-corrected chi connectivity index (χ1v) is 9.78. The van der Waals surface area contributed by atoms with Crippen LogP contribution in [0, 0.1) is 0 Å². The van der Waals surface area contributed by atoms with Crippen molar-refractivity contribution in [2.75, 3.05) is 13.6 Å². The molecule has 0 saturated heterocycles. The highest BCUT2D eigenvalue weighted by Gasteiger charge is 2.17. The largest absolute Gasteiger partial charge is 0.337 e. The summed E-state index contributed by atoms with van der Waals surface area (Å²) in [5.74, 6) is -0.215. The second kappa shape index (κ2) is 8.27. The number of aryl methyl sites for hydroxylation is 1. The quantitative estimate of drug-likeness (QED) is 0.826. The second-order valence-corrected chi connectivity index (χ2v) is 7.63. The standard InChI is InChI=1S/C19H24N2O3S/c1-4-15-9-11-16(12-10-15)14-21(3)19(22)17-7-6-8-18(13-17)25(23,24)20-5-2/h6-13,20H,4-5,14H2,1-3H3. The van der Waals surface area contributed by atoms with Gasteiger partial charge in [-0.2, -0.15) is 0 Å². The lowest BCUT2D eigenvalue weighted by Gasteiger charge is -2.18. The van der Waals surface area contributed by atoms with Crippen molar-refractivity contribution in [1.82, 2.24) is 9.62 Å². The fourth-order valence-electron chi connectivity index (χ4n) is 2.52. The summed E-state index contributed by atoms with van der Waals surface area (Å²) in [6, 6.07) is 14.2. The molecule has 0 aliphatic carbocycles. The van der Waals surface area contributed by atoms with Crippen LogP contribution in [-0.2, 0) is 23.0 Å². The zero-order chi connectivity index (χ0) is 18.4. The maximum atomic E-state index is 12.6. The highest BCUT2D eigenvalue weighted by Crippen LogP contribution is 2.14. The second-order valence-electron chi connectivity index (χ2n) is 5.86. The van der Waals surface area contributed by atoms with Crippen LogP contribution < -0.4 is 4.72 Å². The van der Waals surface area contributed by atoms with Gasteiger partial charge in [-0.05, 0) is 35.7 Å². The van der Waals surface area contributed by atoms with E-state index in [1.807, 2.05) is 12.1 Å². The lowest BCUT2D eigenvalue weighted by molar-refractivity contribution is 0.0785. The number of sulfonamides is 1. The zero-order valence-electron chi connectivity index (χ0n) is 14.8. The number of nitrogens with zero attached hydrogens (tertiary/aromatic N) is 1. The minimum absolute atomic E-state index is 0.0981. The van der Waals surface area contributed by atoms with Gasteiger partial charge in [-0.1, -0.05) is 44.2 Å². The smallest absolute Gasteiger partial charge is 0.253 e. The number of amides is 1. The van der Waals surface area contributed by atoms with Crippen LogP contribution in [0.1, 0.15) is 35.3 Å². The summed E-state index contributed by atoms with van der Waals surface area (Å²) in [7, 11) is -1.87. The van der Waals surface area contributed by atoms with Gasteiger partial charge in [0.2, 0.25) is 10.0 Å². The number of hydrogen-bond acceptors (Lipinski definition) is 3. The molecule has 134 valence electrons. The summed E-state index contributed by atoms with van der Waals surface area (Å²) in [6.07, 6.45) is 0.974. The molecule has 0 aromatic heterocycles. The number of carbonyl (C=O) groups excluding carboxylic acids is 1. The molecule has 25 heavy (non-hydrogen) atoms. The average Bonchev–Trinajstić information content (AvgIpc) is 2.61. The van der Waals surface area contributed by atoms with Crippen molar-refractivity contribution in [3.63, 3.8) is 0 Å². The molecule has 0 spiro atoms. The molecule has 0 aliphatic rings. The Morgan fingerprint density at radius 3 is 2.28 bits per heavy atom. The third-order valence-corrected chi connectivity index (χ3v) is 5.47. The fraction of sp³-hybridized carbons (Fsp3) is 0.316. The Morgan fingerprint density at radius 2 is 1.68 bits per heavy atom. The van der Waals surface area contributed by atoms with E-state index in [0.29, 0.717) is 18.7 Å². The third kappa shape index (κ3) is 4.90. The molecular weight excluding hydrogens is 336 g/mol. The predicted octanol–water partition coefficient (Wildman–Crippen LogP) is 2.82. The molecule has 2 aromatic rings. The fourth-order valence-corrected chi connectivity index (χ4v) is 3.60. The summed E-state index contributed by atoms with van der Waals surface area (Å²) in [4.78, 5) is 14.3. The molecule has 0 bridgehead atoms. The van der Waals surface area contributed by atoms with Crippen LogP contribution in [0.4, 0.5) is 0 Å². The van der Waals surface area contributed by atoms with E-state index in [2.05, 4.69) is 23.8 Å². The van der Waals surface area contributed by atoms with Crippen molar-refractivity contribution in [3.8, 4) is 0 Å². The molecule has 0 aliphatic heterocycles. The molecule has 5 nitrogen and oxygen atoms in total. The van der Waals surface area contributed by atoms with E-state index in [1.54, 1.807) is 31.0 Å². The SMILES string of the molecule is CCNS(=O)(=O)c1cccc(C(=O)N(C)Cc2ccc(CC)cc2)c1. The van der Waals surface area contributed by atoms with Crippen molar-refractivity contribution in [2.24, 2.45) is 0 Å². The summed E-state index contributed by atoms with van der Waals surface area (Å²) in [6.45, 7) is 4.57. The maximum Gasteiger partial charge on any atom is 0.253 e. The molecule has 0 heterocycles. The van der Waals surface area contributed by atoms with Crippen molar-refractivity contribution in [2.45, 2.75) is 31.7 Å². The van der Waals surface area contributed by atoms with Crippen molar-refractivity contribution >= 4 is 15.9 Å². The van der Waals surface area contributed by atoms with Crippen LogP contribution >= 0.6 is 0 Å². The molecule has 0 saturated carbocycles. The maximum absolute atomic E-state index is 12.6. The Kier molecular flexibility index (Phi) is 6.33. The summed E-state index contributed by atoms with van der Waals surface area (Å²) >= 11 is 0. The number of rotatable bonds is 7. The van der Waals surface area contributed by atoms with Crippen molar-refractivity contribution < 1.29 is 13.2 Å². The van der Waals surface area contributed by atoms with E-state index < -0.39 is 10.0 Å². The van der Waals surface area contributed by atoms with Crippen molar-refractivity contribution in [1.29, 1.82) is 0 Å². The molecule has 0 radical (unpaired) electrons. The topological polar surface area (TPSA) is 66.5 Å².